The number of rotatable bonds is 6. The Balaban J connectivity index is 2.63. The molecule has 0 aliphatic heterocycles. The molecule has 0 saturated heterocycles. The first kappa shape index (κ1) is 12.8. The van der Waals surface area contributed by atoms with E-state index < -0.39 is 8.80 Å². The second-order valence-corrected chi connectivity index (χ2v) is 8.05. The fourth-order valence-electron chi connectivity index (χ4n) is 1.79. The number of alkyl halides is 1. The summed E-state index contributed by atoms with van der Waals surface area (Å²) in [5.74, 6) is 0. The highest BCUT2D eigenvalue weighted by Gasteiger charge is 2.20. The lowest BCUT2D eigenvalue weighted by molar-refractivity contribution is 0.750. The number of benzene rings is 1. The lowest BCUT2D eigenvalue weighted by Gasteiger charge is -2.19. The summed E-state index contributed by atoms with van der Waals surface area (Å²) in [4.78, 5) is 0. The molecule has 1 rings (SSSR count). The number of hydrogen-bond donors (Lipinski definition) is 1. The van der Waals surface area contributed by atoms with E-state index in [1.807, 2.05) is 6.07 Å². The van der Waals surface area contributed by atoms with Gasteiger partial charge in [0.05, 0.1) is 0 Å². The van der Waals surface area contributed by atoms with Crippen molar-refractivity contribution in [3.05, 3.63) is 30.3 Å². The van der Waals surface area contributed by atoms with Gasteiger partial charge in [0, 0.05) is 5.00 Å². The molecule has 0 saturated carbocycles. The minimum absolute atomic E-state index is 0.303. The van der Waals surface area contributed by atoms with Crippen molar-refractivity contribution < 1.29 is 0 Å². The second kappa shape index (κ2) is 7.04. The molecule has 0 heterocycles. The first-order valence-electron chi connectivity index (χ1n) is 5.68. The highest BCUT2D eigenvalue weighted by molar-refractivity contribution is 6.80. The number of halogens is 1. The second-order valence-electron chi connectivity index (χ2n) is 3.91. The van der Waals surface area contributed by atoms with Crippen LogP contribution in [0.15, 0.2) is 30.3 Å². The first-order chi connectivity index (χ1) is 7.29. The van der Waals surface area contributed by atoms with E-state index in [9.17, 15) is 0 Å². The minimum Gasteiger partial charge on any atom is -0.333 e. The number of nitrogens with two attached hydrogens (primary N) is 1. The molecule has 2 unspecified atom stereocenters. The van der Waals surface area contributed by atoms with Crippen LogP contribution < -0.4 is 10.9 Å². The average Bonchev–Trinajstić information content (AvgIpc) is 2.29. The Labute approximate surface area is 99.2 Å². The third-order valence-electron chi connectivity index (χ3n) is 2.75. The molecule has 0 spiro atoms. The van der Waals surface area contributed by atoms with Crippen molar-refractivity contribution in [2.75, 3.05) is 6.17 Å². The molecule has 0 fully saturated rings. The van der Waals surface area contributed by atoms with E-state index in [4.69, 9.17) is 17.3 Å². The Morgan fingerprint density at radius 2 is 2.00 bits per heavy atom. The van der Waals surface area contributed by atoms with Gasteiger partial charge in [0.2, 0.25) is 0 Å². The molecule has 84 valence electrons. The summed E-state index contributed by atoms with van der Waals surface area (Å²) >= 11 is 6.44. The fraction of sp³-hybridized carbons (Fsp3) is 0.500. The summed E-state index contributed by atoms with van der Waals surface area (Å²) in [5, 5.41) is 1.70. The molecule has 0 aromatic heterocycles. The molecule has 1 aromatic rings. The maximum absolute atomic E-state index is 6.44. The van der Waals surface area contributed by atoms with Gasteiger partial charge in [-0.1, -0.05) is 55.3 Å². The lowest BCUT2D eigenvalue weighted by Crippen LogP contribution is -2.46. The van der Waals surface area contributed by atoms with Gasteiger partial charge in [-0.15, -0.1) is 11.6 Å². The van der Waals surface area contributed by atoms with Gasteiger partial charge in [0.15, 0.2) is 0 Å². The molecular formula is C12H20ClNSi. The lowest BCUT2D eigenvalue weighted by atomic mass is 10.3. The predicted octanol–water partition coefficient (Wildman–Crippen LogP) is 1.96. The number of unbranched alkanes of at least 4 members (excludes halogenated alkanes) is 1. The van der Waals surface area contributed by atoms with E-state index in [0.717, 1.165) is 12.6 Å². The quantitative estimate of drug-likeness (QED) is 0.598. The minimum atomic E-state index is -1.15. The van der Waals surface area contributed by atoms with E-state index in [2.05, 4.69) is 31.2 Å². The molecule has 0 aliphatic carbocycles. The van der Waals surface area contributed by atoms with Crippen LogP contribution in [0.25, 0.3) is 0 Å². The molecular weight excluding hydrogens is 222 g/mol. The molecule has 3 heteroatoms. The smallest absolute Gasteiger partial charge is 0.104 e. The van der Waals surface area contributed by atoms with Crippen LogP contribution in [-0.4, -0.2) is 20.0 Å². The largest absolute Gasteiger partial charge is 0.333 e. The van der Waals surface area contributed by atoms with Crippen LogP contribution in [0.3, 0.4) is 0 Å². The number of hydrogen-bond acceptors (Lipinski definition) is 1. The fourth-order valence-corrected chi connectivity index (χ4v) is 5.03. The van der Waals surface area contributed by atoms with Gasteiger partial charge < -0.3 is 5.73 Å². The zero-order valence-electron chi connectivity index (χ0n) is 9.33. The van der Waals surface area contributed by atoms with Crippen molar-refractivity contribution in [1.29, 1.82) is 0 Å². The van der Waals surface area contributed by atoms with E-state index in [0.29, 0.717) is 5.00 Å². The maximum Gasteiger partial charge on any atom is 0.104 e. The zero-order valence-corrected chi connectivity index (χ0v) is 11.2. The van der Waals surface area contributed by atoms with Crippen molar-refractivity contribution in [3.63, 3.8) is 0 Å². The Morgan fingerprint density at radius 1 is 1.33 bits per heavy atom. The molecule has 1 nitrogen and oxygen atoms in total. The normalized spacial score (nSPS) is 14.9. The third kappa shape index (κ3) is 3.97. The summed E-state index contributed by atoms with van der Waals surface area (Å²) in [6.45, 7) is 2.20. The summed E-state index contributed by atoms with van der Waals surface area (Å²) < 4.78 is 0. The molecule has 0 radical (unpaired) electrons. The molecule has 1 aromatic carbocycles. The average molecular weight is 242 g/mol. The molecule has 0 amide bonds. The van der Waals surface area contributed by atoms with Crippen molar-refractivity contribution in [2.45, 2.75) is 31.2 Å². The Kier molecular flexibility index (Phi) is 5.99. The van der Waals surface area contributed by atoms with Gasteiger partial charge in [-0.2, -0.15) is 0 Å². The van der Waals surface area contributed by atoms with Crippen molar-refractivity contribution in [3.8, 4) is 0 Å². The van der Waals surface area contributed by atoms with Crippen molar-refractivity contribution in [1.82, 2.24) is 0 Å². The van der Waals surface area contributed by atoms with E-state index in [-0.39, 0.29) is 0 Å². The van der Waals surface area contributed by atoms with Gasteiger partial charge in [-0.25, -0.2) is 0 Å². The van der Waals surface area contributed by atoms with Gasteiger partial charge in [-0.3, -0.25) is 0 Å². The highest BCUT2D eigenvalue weighted by Crippen LogP contribution is 2.10. The molecule has 0 aliphatic rings. The Morgan fingerprint density at radius 3 is 2.53 bits per heavy atom. The first-order valence-corrected chi connectivity index (χ1v) is 8.18. The molecule has 2 N–H and O–H groups in total. The highest BCUT2D eigenvalue weighted by atomic mass is 35.5. The van der Waals surface area contributed by atoms with Crippen molar-refractivity contribution in [2.24, 2.45) is 5.73 Å². The van der Waals surface area contributed by atoms with Crippen LogP contribution in [0.2, 0.25) is 0 Å². The van der Waals surface area contributed by atoms with Crippen LogP contribution in [0.5, 0.6) is 0 Å². The van der Waals surface area contributed by atoms with Gasteiger partial charge in [0.25, 0.3) is 0 Å². The van der Waals surface area contributed by atoms with E-state index in [1.165, 1.54) is 18.0 Å². The van der Waals surface area contributed by atoms with Crippen molar-refractivity contribution >= 4 is 25.6 Å². The van der Waals surface area contributed by atoms with Crippen LogP contribution in [0.4, 0.5) is 0 Å². The molecule has 15 heavy (non-hydrogen) atoms. The third-order valence-corrected chi connectivity index (χ3v) is 6.84. The van der Waals surface area contributed by atoms with Crippen LogP contribution in [0.1, 0.15) is 26.2 Å². The van der Waals surface area contributed by atoms with E-state index >= 15 is 0 Å². The Hall–Kier alpha value is -0.313. The monoisotopic (exact) mass is 241 g/mol. The van der Waals surface area contributed by atoms with Gasteiger partial charge in [0.1, 0.15) is 8.80 Å². The van der Waals surface area contributed by atoms with Crippen LogP contribution >= 0.6 is 11.6 Å². The summed E-state index contributed by atoms with van der Waals surface area (Å²) in [6.07, 6.45) is 4.30. The van der Waals surface area contributed by atoms with E-state index in [1.54, 1.807) is 0 Å². The summed E-state index contributed by atoms with van der Waals surface area (Å²) in [5.41, 5.74) is 5.85. The SMILES string of the molecule is CCCCC(Cl)[SiH](CN)c1ccccc1. The van der Waals surface area contributed by atoms with Crippen LogP contribution in [0, 0.1) is 0 Å². The molecule has 0 bridgehead atoms. The van der Waals surface area contributed by atoms with Crippen LogP contribution in [-0.2, 0) is 0 Å². The topological polar surface area (TPSA) is 26.0 Å². The molecule has 2 atom stereocenters. The predicted molar refractivity (Wildman–Crippen MR) is 71.4 cm³/mol. The zero-order chi connectivity index (χ0) is 11.1. The standard InChI is InChI=1S/C12H20ClNSi/c1-2-3-9-12(13)15(10-14)11-7-5-4-6-8-11/h4-8,12,15H,2-3,9-10,14H2,1H3. The maximum atomic E-state index is 6.44. The van der Waals surface area contributed by atoms with Gasteiger partial charge in [-0.05, 0) is 12.6 Å². The summed E-state index contributed by atoms with van der Waals surface area (Å²) in [6, 6.07) is 10.5. The Bertz CT molecular complexity index is 266. The van der Waals surface area contributed by atoms with Gasteiger partial charge >= 0.3 is 0 Å². The summed E-state index contributed by atoms with van der Waals surface area (Å²) in [7, 11) is -1.15.